The first-order valence-electron chi connectivity index (χ1n) is 10.7. The summed E-state index contributed by atoms with van der Waals surface area (Å²) in [7, 11) is 1.53. The number of anilines is 1. The van der Waals surface area contributed by atoms with Gasteiger partial charge in [-0.3, -0.25) is 14.4 Å². The standard InChI is InChI=1S/C25H27NO7/c1-15(2)32-24(29)18-5-9-20(10-6-18)26-14-19(13-22(26)27)25(30)33-16(3)23(28)17-7-11-21(31-4)12-8-17/h5-12,15-16,19H,13-14H2,1-4H3/t16-,19+/m0/s1. The minimum Gasteiger partial charge on any atom is -0.497 e. The van der Waals surface area contributed by atoms with E-state index in [9.17, 15) is 19.2 Å². The van der Waals surface area contributed by atoms with Crippen LogP contribution in [0.5, 0.6) is 5.75 Å². The summed E-state index contributed by atoms with van der Waals surface area (Å²) < 4.78 is 15.6. The van der Waals surface area contributed by atoms with Crippen LogP contribution in [0.1, 0.15) is 47.9 Å². The Hall–Kier alpha value is -3.68. The van der Waals surface area contributed by atoms with Crippen LogP contribution in [-0.4, -0.2) is 49.5 Å². The van der Waals surface area contributed by atoms with E-state index < -0.39 is 24.0 Å². The molecule has 0 aromatic heterocycles. The third-order valence-electron chi connectivity index (χ3n) is 5.25. The molecule has 1 aliphatic heterocycles. The minimum absolute atomic E-state index is 0.0145. The number of Topliss-reactive ketones (excluding diaryl/α,β-unsaturated/α-hetero) is 1. The first-order chi connectivity index (χ1) is 15.7. The topological polar surface area (TPSA) is 99.2 Å². The van der Waals surface area contributed by atoms with Crippen molar-refractivity contribution in [3.05, 3.63) is 59.7 Å². The molecule has 1 heterocycles. The molecule has 8 nitrogen and oxygen atoms in total. The molecule has 3 rings (SSSR count). The fraction of sp³-hybridized carbons (Fsp3) is 0.360. The third kappa shape index (κ3) is 5.77. The second kappa shape index (κ2) is 10.3. The summed E-state index contributed by atoms with van der Waals surface area (Å²) in [6.45, 7) is 5.17. The Labute approximate surface area is 192 Å². The summed E-state index contributed by atoms with van der Waals surface area (Å²) >= 11 is 0. The van der Waals surface area contributed by atoms with E-state index in [1.807, 2.05) is 0 Å². The van der Waals surface area contributed by atoms with Crippen molar-refractivity contribution in [2.24, 2.45) is 5.92 Å². The van der Waals surface area contributed by atoms with Crippen LogP contribution in [0.25, 0.3) is 0 Å². The molecule has 0 radical (unpaired) electrons. The highest BCUT2D eigenvalue weighted by atomic mass is 16.5. The number of ether oxygens (including phenoxy) is 3. The number of carbonyl (C=O) groups is 4. The number of hydrogen-bond acceptors (Lipinski definition) is 7. The van der Waals surface area contributed by atoms with Crippen molar-refractivity contribution in [3.8, 4) is 5.75 Å². The van der Waals surface area contributed by atoms with Crippen LogP contribution >= 0.6 is 0 Å². The maximum atomic E-state index is 12.6. The van der Waals surface area contributed by atoms with E-state index in [0.29, 0.717) is 22.6 Å². The van der Waals surface area contributed by atoms with E-state index in [1.165, 1.54) is 18.9 Å². The van der Waals surface area contributed by atoms with Crippen LogP contribution < -0.4 is 9.64 Å². The average Bonchev–Trinajstić information content (AvgIpc) is 3.20. The summed E-state index contributed by atoms with van der Waals surface area (Å²) in [6, 6.07) is 13.0. The first-order valence-corrected chi connectivity index (χ1v) is 10.7. The quantitative estimate of drug-likeness (QED) is 0.446. The van der Waals surface area contributed by atoms with Gasteiger partial charge in [-0.2, -0.15) is 0 Å². The Bertz CT molecular complexity index is 1030. The van der Waals surface area contributed by atoms with Crippen LogP contribution in [0, 0.1) is 5.92 Å². The zero-order chi connectivity index (χ0) is 24.1. The third-order valence-corrected chi connectivity index (χ3v) is 5.25. The maximum absolute atomic E-state index is 12.6. The fourth-order valence-corrected chi connectivity index (χ4v) is 3.49. The molecule has 174 valence electrons. The smallest absolute Gasteiger partial charge is 0.338 e. The number of ketones is 1. The maximum Gasteiger partial charge on any atom is 0.338 e. The highest BCUT2D eigenvalue weighted by Crippen LogP contribution is 2.27. The van der Waals surface area contributed by atoms with Gasteiger partial charge in [0.15, 0.2) is 6.10 Å². The van der Waals surface area contributed by atoms with Crippen LogP contribution in [0.4, 0.5) is 5.69 Å². The molecule has 33 heavy (non-hydrogen) atoms. The van der Waals surface area contributed by atoms with Gasteiger partial charge in [-0.25, -0.2) is 4.79 Å². The first kappa shape index (κ1) is 24.0. The molecular formula is C25H27NO7. The lowest BCUT2D eigenvalue weighted by Crippen LogP contribution is -2.30. The van der Waals surface area contributed by atoms with Gasteiger partial charge in [0.2, 0.25) is 11.7 Å². The van der Waals surface area contributed by atoms with Crippen LogP contribution in [0.3, 0.4) is 0 Å². The predicted octanol–water partition coefficient (Wildman–Crippen LogP) is 3.43. The lowest BCUT2D eigenvalue weighted by Gasteiger charge is -2.18. The molecule has 0 bridgehead atoms. The molecule has 2 aromatic carbocycles. The van der Waals surface area contributed by atoms with Gasteiger partial charge in [0.05, 0.1) is 24.7 Å². The van der Waals surface area contributed by atoms with Gasteiger partial charge >= 0.3 is 11.9 Å². The fourth-order valence-electron chi connectivity index (χ4n) is 3.49. The number of methoxy groups -OCH3 is 1. The number of carbonyl (C=O) groups excluding carboxylic acids is 4. The lowest BCUT2D eigenvalue weighted by atomic mass is 10.1. The number of rotatable bonds is 8. The summed E-state index contributed by atoms with van der Waals surface area (Å²) in [5.41, 5.74) is 1.34. The van der Waals surface area contributed by atoms with Gasteiger partial charge in [0.25, 0.3) is 0 Å². The number of esters is 2. The SMILES string of the molecule is COc1ccc(C(=O)[C@H](C)OC(=O)[C@@H]2CC(=O)N(c3ccc(C(=O)OC(C)C)cc3)C2)cc1. The van der Waals surface area contributed by atoms with Gasteiger partial charge in [0.1, 0.15) is 5.75 Å². The predicted molar refractivity (Wildman–Crippen MR) is 120 cm³/mol. The molecule has 0 saturated carbocycles. The van der Waals surface area contributed by atoms with E-state index in [4.69, 9.17) is 14.2 Å². The summed E-state index contributed by atoms with van der Waals surface area (Å²) in [6.07, 6.45) is -1.23. The van der Waals surface area contributed by atoms with Crippen molar-refractivity contribution in [2.45, 2.75) is 39.4 Å². The lowest BCUT2D eigenvalue weighted by molar-refractivity contribution is -0.151. The van der Waals surface area contributed by atoms with Gasteiger partial charge in [-0.1, -0.05) is 0 Å². The van der Waals surface area contributed by atoms with Gasteiger partial charge in [0, 0.05) is 24.2 Å². The van der Waals surface area contributed by atoms with E-state index in [2.05, 4.69) is 0 Å². The highest BCUT2D eigenvalue weighted by Gasteiger charge is 2.37. The Balaban J connectivity index is 1.60. The van der Waals surface area contributed by atoms with Crippen molar-refractivity contribution in [2.75, 3.05) is 18.6 Å². The minimum atomic E-state index is -0.985. The van der Waals surface area contributed by atoms with Crippen LogP contribution in [-0.2, 0) is 19.1 Å². The molecule has 0 aliphatic carbocycles. The molecule has 1 fully saturated rings. The zero-order valence-electron chi connectivity index (χ0n) is 19.1. The summed E-state index contributed by atoms with van der Waals surface area (Å²) in [4.78, 5) is 51.2. The second-order valence-corrected chi connectivity index (χ2v) is 8.08. The van der Waals surface area contributed by atoms with E-state index in [1.54, 1.807) is 62.4 Å². The molecule has 1 saturated heterocycles. The number of benzene rings is 2. The van der Waals surface area contributed by atoms with Crippen molar-refractivity contribution < 1.29 is 33.4 Å². The summed E-state index contributed by atoms with van der Waals surface area (Å²) in [5, 5.41) is 0. The monoisotopic (exact) mass is 453 g/mol. The van der Waals surface area contributed by atoms with Crippen molar-refractivity contribution in [1.82, 2.24) is 0 Å². The molecule has 0 spiro atoms. The van der Waals surface area contributed by atoms with Crippen molar-refractivity contribution in [3.63, 3.8) is 0 Å². The van der Waals surface area contributed by atoms with Gasteiger partial charge in [-0.05, 0) is 69.3 Å². The second-order valence-electron chi connectivity index (χ2n) is 8.08. The molecule has 1 amide bonds. The Morgan fingerprint density at radius 3 is 2.09 bits per heavy atom. The number of hydrogen-bond donors (Lipinski definition) is 0. The van der Waals surface area contributed by atoms with E-state index in [-0.39, 0.29) is 30.8 Å². The van der Waals surface area contributed by atoms with Crippen LogP contribution in [0.15, 0.2) is 48.5 Å². The Morgan fingerprint density at radius 2 is 1.52 bits per heavy atom. The average molecular weight is 453 g/mol. The largest absolute Gasteiger partial charge is 0.497 e. The zero-order valence-corrected chi connectivity index (χ0v) is 19.1. The molecule has 0 unspecified atom stereocenters. The van der Waals surface area contributed by atoms with E-state index in [0.717, 1.165) is 0 Å². The van der Waals surface area contributed by atoms with Crippen molar-refractivity contribution >= 4 is 29.3 Å². The molecule has 2 atom stereocenters. The number of amides is 1. The number of nitrogens with zero attached hydrogens (tertiary/aromatic N) is 1. The molecule has 1 aliphatic rings. The van der Waals surface area contributed by atoms with Gasteiger partial charge < -0.3 is 19.1 Å². The Kier molecular flexibility index (Phi) is 7.48. The molecular weight excluding hydrogens is 426 g/mol. The van der Waals surface area contributed by atoms with Crippen molar-refractivity contribution in [1.29, 1.82) is 0 Å². The Morgan fingerprint density at radius 1 is 0.909 bits per heavy atom. The normalized spacial score (nSPS) is 16.5. The summed E-state index contributed by atoms with van der Waals surface area (Å²) in [5.74, 6) is -1.68. The van der Waals surface area contributed by atoms with E-state index >= 15 is 0 Å². The molecule has 0 N–H and O–H groups in total. The molecule has 2 aromatic rings. The molecule has 8 heteroatoms. The highest BCUT2D eigenvalue weighted by molar-refractivity contribution is 6.02. The van der Waals surface area contributed by atoms with Gasteiger partial charge in [-0.15, -0.1) is 0 Å². The van der Waals surface area contributed by atoms with Crippen LogP contribution in [0.2, 0.25) is 0 Å².